The zero-order chi connectivity index (χ0) is 15.4. The number of imide groups is 1. The number of hydrogen-bond donors (Lipinski definition) is 0. The van der Waals surface area contributed by atoms with Gasteiger partial charge in [-0.05, 0) is 42.0 Å². The van der Waals surface area contributed by atoms with Gasteiger partial charge < -0.3 is 0 Å². The Morgan fingerprint density at radius 3 is 2.52 bits per heavy atom. The third-order valence-electron chi connectivity index (χ3n) is 3.01. The van der Waals surface area contributed by atoms with Crippen LogP contribution in [0.5, 0.6) is 0 Å². The number of benzene rings is 1. The molecule has 1 fully saturated rings. The van der Waals surface area contributed by atoms with E-state index in [4.69, 9.17) is 0 Å². The van der Waals surface area contributed by atoms with Crippen LogP contribution >= 0.6 is 11.8 Å². The normalized spacial score (nSPS) is 16.8. The fourth-order valence-corrected chi connectivity index (χ4v) is 2.72. The van der Waals surface area contributed by atoms with E-state index >= 15 is 0 Å². The van der Waals surface area contributed by atoms with Crippen molar-refractivity contribution in [2.75, 3.05) is 6.54 Å². The number of carbonyl (C=O) groups excluding carboxylic acids is 2. The first-order valence-corrected chi connectivity index (χ1v) is 7.34. The van der Waals surface area contributed by atoms with E-state index in [0.717, 1.165) is 24.6 Å². The molecule has 21 heavy (non-hydrogen) atoms. The van der Waals surface area contributed by atoms with E-state index < -0.39 is 4.92 Å². The van der Waals surface area contributed by atoms with Crippen LogP contribution in [0.15, 0.2) is 29.2 Å². The molecular formula is C14H14N2O4S. The van der Waals surface area contributed by atoms with Crippen LogP contribution in [0.2, 0.25) is 0 Å². The standard InChI is InChI=1S/C14H14N2O4S/c1-2-3-8-15-13(17)12(21-14(15)18)9-10-4-6-11(7-5-10)16(19)20/h4-7,9H,2-3,8H2,1H3/b12-9+. The summed E-state index contributed by atoms with van der Waals surface area (Å²) in [5.41, 5.74) is 0.643. The molecule has 6 nitrogen and oxygen atoms in total. The van der Waals surface area contributed by atoms with Gasteiger partial charge in [0, 0.05) is 18.7 Å². The molecule has 0 spiro atoms. The van der Waals surface area contributed by atoms with Gasteiger partial charge in [0.25, 0.3) is 16.8 Å². The Bertz CT molecular complexity index is 610. The average molecular weight is 306 g/mol. The van der Waals surface area contributed by atoms with Crippen LogP contribution < -0.4 is 0 Å². The van der Waals surface area contributed by atoms with Crippen LogP contribution in [-0.2, 0) is 4.79 Å². The molecule has 1 aliphatic heterocycles. The van der Waals surface area contributed by atoms with E-state index in [1.54, 1.807) is 18.2 Å². The van der Waals surface area contributed by atoms with Gasteiger partial charge in [0.2, 0.25) is 0 Å². The highest BCUT2D eigenvalue weighted by Crippen LogP contribution is 2.32. The fourth-order valence-electron chi connectivity index (χ4n) is 1.85. The topological polar surface area (TPSA) is 80.5 Å². The number of amides is 2. The van der Waals surface area contributed by atoms with Gasteiger partial charge in [-0.15, -0.1) is 0 Å². The predicted octanol–water partition coefficient (Wildman–Crippen LogP) is 3.43. The summed E-state index contributed by atoms with van der Waals surface area (Å²) in [6.07, 6.45) is 3.27. The highest BCUT2D eigenvalue weighted by atomic mass is 32.2. The van der Waals surface area contributed by atoms with Crippen LogP contribution in [0.4, 0.5) is 10.5 Å². The lowest BCUT2D eigenvalue weighted by Crippen LogP contribution is -2.29. The maximum Gasteiger partial charge on any atom is 0.293 e. The number of hydrogen-bond acceptors (Lipinski definition) is 5. The Hall–Kier alpha value is -2.15. The number of nitro benzene ring substituents is 1. The van der Waals surface area contributed by atoms with Crippen molar-refractivity contribution < 1.29 is 14.5 Å². The van der Waals surface area contributed by atoms with E-state index in [0.29, 0.717) is 17.0 Å². The largest absolute Gasteiger partial charge is 0.293 e. The van der Waals surface area contributed by atoms with Gasteiger partial charge in [0.1, 0.15) is 0 Å². The van der Waals surface area contributed by atoms with Crippen molar-refractivity contribution in [2.45, 2.75) is 19.8 Å². The van der Waals surface area contributed by atoms with E-state index in [9.17, 15) is 19.7 Å². The second kappa shape index (κ2) is 6.53. The minimum Gasteiger partial charge on any atom is -0.268 e. The van der Waals surface area contributed by atoms with Gasteiger partial charge in [-0.3, -0.25) is 24.6 Å². The number of carbonyl (C=O) groups is 2. The summed E-state index contributed by atoms with van der Waals surface area (Å²) in [7, 11) is 0. The van der Waals surface area contributed by atoms with Crippen molar-refractivity contribution in [2.24, 2.45) is 0 Å². The number of nitro groups is 1. The first-order chi connectivity index (χ1) is 10.0. The molecule has 0 aromatic heterocycles. The predicted molar refractivity (Wildman–Crippen MR) is 80.7 cm³/mol. The Morgan fingerprint density at radius 2 is 1.95 bits per heavy atom. The number of nitrogens with zero attached hydrogens (tertiary/aromatic N) is 2. The van der Waals surface area contributed by atoms with Crippen molar-refractivity contribution >= 4 is 34.7 Å². The molecule has 0 radical (unpaired) electrons. The first kappa shape index (κ1) is 15.2. The third kappa shape index (κ3) is 3.49. The first-order valence-electron chi connectivity index (χ1n) is 6.52. The van der Waals surface area contributed by atoms with Crippen molar-refractivity contribution in [1.29, 1.82) is 0 Å². The fraction of sp³-hybridized carbons (Fsp3) is 0.286. The highest BCUT2D eigenvalue weighted by molar-refractivity contribution is 8.18. The van der Waals surface area contributed by atoms with Crippen LogP contribution in [0, 0.1) is 10.1 Å². The summed E-state index contributed by atoms with van der Waals surface area (Å²) in [5, 5.41) is 10.3. The third-order valence-corrected chi connectivity index (χ3v) is 3.92. The highest BCUT2D eigenvalue weighted by Gasteiger charge is 2.34. The number of unbranched alkanes of at least 4 members (excludes halogenated alkanes) is 1. The summed E-state index contributed by atoms with van der Waals surface area (Å²) >= 11 is 0.902. The van der Waals surface area contributed by atoms with Gasteiger partial charge in [-0.1, -0.05) is 13.3 Å². The second-order valence-corrected chi connectivity index (χ2v) is 5.53. The summed E-state index contributed by atoms with van der Waals surface area (Å²) in [4.78, 5) is 35.6. The quantitative estimate of drug-likeness (QED) is 0.473. The molecule has 0 bridgehead atoms. The van der Waals surface area contributed by atoms with Crippen molar-refractivity contribution in [1.82, 2.24) is 4.90 Å². The molecular weight excluding hydrogens is 292 g/mol. The SMILES string of the molecule is CCCCN1C(=O)S/C(=C/c2ccc([N+](=O)[O-])cc2)C1=O. The Labute approximate surface area is 126 Å². The van der Waals surface area contributed by atoms with E-state index in [1.807, 2.05) is 6.92 Å². The molecule has 1 aromatic rings. The second-order valence-electron chi connectivity index (χ2n) is 4.54. The average Bonchev–Trinajstić information content (AvgIpc) is 2.72. The minimum atomic E-state index is -0.484. The van der Waals surface area contributed by atoms with E-state index in [2.05, 4.69) is 0 Å². The lowest BCUT2D eigenvalue weighted by molar-refractivity contribution is -0.384. The molecule has 0 saturated carbocycles. The molecule has 2 amide bonds. The number of rotatable bonds is 5. The smallest absolute Gasteiger partial charge is 0.268 e. The summed E-state index contributed by atoms with van der Waals surface area (Å²) < 4.78 is 0. The summed E-state index contributed by atoms with van der Waals surface area (Å²) in [6, 6.07) is 5.84. The van der Waals surface area contributed by atoms with Gasteiger partial charge in [0.05, 0.1) is 9.83 Å². The van der Waals surface area contributed by atoms with Crippen LogP contribution in [-0.4, -0.2) is 27.5 Å². The Balaban J connectivity index is 2.16. The van der Waals surface area contributed by atoms with E-state index in [-0.39, 0.29) is 16.8 Å². The summed E-state index contributed by atoms with van der Waals surface area (Å²) in [5.74, 6) is -0.295. The number of thioether (sulfide) groups is 1. The van der Waals surface area contributed by atoms with Crippen molar-refractivity contribution in [3.8, 4) is 0 Å². The maximum atomic E-state index is 12.1. The summed E-state index contributed by atoms with van der Waals surface area (Å²) in [6.45, 7) is 2.42. The Kier molecular flexibility index (Phi) is 4.74. The monoisotopic (exact) mass is 306 g/mol. The van der Waals surface area contributed by atoms with Crippen LogP contribution in [0.1, 0.15) is 25.3 Å². The zero-order valence-electron chi connectivity index (χ0n) is 11.4. The maximum absolute atomic E-state index is 12.1. The molecule has 0 aliphatic carbocycles. The molecule has 2 rings (SSSR count). The van der Waals surface area contributed by atoms with Crippen molar-refractivity contribution in [3.63, 3.8) is 0 Å². The molecule has 110 valence electrons. The molecule has 1 saturated heterocycles. The molecule has 0 atom stereocenters. The van der Waals surface area contributed by atoms with E-state index in [1.165, 1.54) is 17.0 Å². The Morgan fingerprint density at radius 1 is 1.29 bits per heavy atom. The molecule has 1 aliphatic rings. The van der Waals surface area contributed by atoms with Crippen LogP contribution in [0.3, 0.4) is 0 Å². The van der Waals surface area contributed by atoms with Gasteiger partial charge in [0.15, 0.2) is 0 Å². The zero-order valence-corrected chi connectivity index (χ0v) is 12.3. The molecule has 0 N–H and O–H groups in total. The van der Waals surface area contributed by atoms with Gasteiger partial charge >= 0.3 is 0 Å². The lowest BCUT2D eigenvalue weighted by atomic mass is 10.2. The molecule has 0 unspecified atom stereocenters. The van der Waals surface area contributed by atoms with Crippen molar-refractivity contribution in [3.05, 3.63) is 44.8 Å². The lowest BCUT2D eigenvalue weighted by Gasteiger charge is -2.10. The molecule has 1 heterocycles. The number of non-ortho nitro benzene ring substituents is 1. The molecule has 1 aromatic carbocycles. The van der Waals surface area contributed by atoms with Gasteiger partial charge in [-0.2, -0.15) is 0 Å². The molecule has 7 heteroatoms. The van der Waals surface area contributed by atoms with Crippen LogP contribution in [0.25, 0.3) is 6.08 Å². The van der Waals surface area contributed by atoms with Gasteiger partial charge in [-0.25, -0.2) is 0 Å². The minimum absolute atomic E-state index is 0.0109.